The minimum Gasteiger partial charge on any atom is -0.461 e. The maximum atomic E-state index is 6.51. The van der Waals surface area contributed by atoms with E-state index in [-0.39, 0.29) is 5.54 Å². The first-order valence-electron chi connectivity index (χ1n) is 15.7. The Morgan fingerprint density at radius 2 is 1.84 bits per heavy atom. The third-order valence-electron chi connectivity index (χ3n) is 9.83. The number of rotatable bonds is 8. The van der Waals surface area contributed by atoms with Crippen molar-refractivity contribution < 1.29 is 4.74 Å². The molecule has 2 saturated heterocycles. The second-order valence-electron chi connectivity index (χ2n) is 12.3. The predicted molar refractivity (Wildman–Crippen MR) is 169 cm³/mol. The van der Waals surface area contributed by atoms with E-state index in [1.54, 1.807) is 6.33 Å². The van der Waals surface area contributed by atoms with Gasteiger partial charge in [0.15, 0.2) is 5.65 Å². The van der Waals surface area contributed by atoms with Crippen molar-refractivity contribution in [2.45, 2.75) is 64.1 Å². The van der Waals surface area contributed by atoms with Crippen molar-refractivity contribution in [3.8, 4) is 6.01 Å². The molecular weight excluding hydrogens is 536 g/mol. The van der Waals surface area contributed by atoms with Gasteiger partial charge in [-0.3, -0.25) is 9.30 Å². The van der Waals surface area contributed by atoms with Crippen LogP contribution >= 0.6 is 0 Å². The maximum absolute atomic E-state index is 6.51. The van der Waals surface area contributed by atoms with Crippen LogP contribution in [0.2, 0.25) is 0 Å². The first-order valence-corrected chi connectivity index (χ1v) is 15.7. The summed E-state index contributed by atoms with van der Waals surface area (Å²) in [5.74, 6) is 0.878. The molecule has 0 aliphatic carbocycles. The summed E-state index contributed by atoms with van der Waals surface area (Å²) in [5.41, 5.74) is 7.02. The molecular formula is C34H38N8O. The average molecular weight is 575 g/mol. The van der Waals surface area contributed by atoms with E-state index in [0.29, 0.717) is 19.2 Å². The monoisotopic (exact) mass is 574 g/mol. The third-order valence-corrected chi connectivity index (χ3v) is 9.83. The van der Waals surface area contributed by atoms with Crippen molar-refractivity contribution in [3.63, 3.8) is 0 Å². The third kappa shape index (κ3) is 4.76. The van der Waals surface area contributed by atoms with Crippen LogP contribution in [0.15, 0.2) is 61.1 Å². The van der Waals surface area contributed by atoms with E-state index in [1.165, 1.54) is 66.4 Å². The van der Waals surface area contributed by atoms with E-state index in [0.717, 1.165) is 48.7 Å². The highest BCUT2D eigenvalue weighted by Crippen LogP contribution is 2.39. The Kier molecular flexibility index (Phi) is 6.62. The summed E-state index contributed by atoms with van der Waals surface area (Å²) in [6, 6.07) is 17.9. The fourth-order valence-electron chi connectivity index (χ4n) is 7.60. The molecule has 1 N–H and O–H groups in total. The molecule has 0 amide bonds. The van der Waals surface area contributed by atoms with Crippen molar-refractivity contribution in [1.29, 1.82) is 0 Å². The molecule has 0 bridgehead atoms. The van der Waals surface area contributed by atoms with Crippen LogP contribution in [-0.4, -0.2) is 61.2 Å². The van der Waals surface area contributed by atoms with Crippen LogP contribution in [0.1, 0.15) is 55.0 Å². The van der Waals surface area contributed by atoms with Gasteiger partial charge in [-0.15, -0.1) is 10.2 Å². The Hall–Kier alpha value is -4.24. The van der Waals surface area contributed by atoms with Crippen molar-refractivity contribution >= 4 is 27.9 Å². The quantitative estimate of drug-likeness (QED) is 0.263. The molecule has 43 heavy (non-hydrogen) atoms. The molecule has 8 rings (SSSR count). The largest absolute Gasteiger partial charge is 0.461 e. The number of nitrogens with zero attached hydrogens (tertiary/aromatic N) is 7. The van der Waals surface area contributed by atoms with Crippen molar-refractivity contribution in [2.75, 3.05) is 36.5 Å². The van der Waals surface area contributed by atoms with E-state index < -0.39 is 0 Å². The minimum atomic E-state index is 0.145. The molecule has 0 unspecified atom stereocenters. The van der Waals surface area contributed by atoms with Gasteiger partial charge in [0, 0.05) is 35.9 Å². The summed E-state index contributed by atoms with van der Waals surface area (Å²) in [5, 5.41) is 14.4. The number of hydrogen-bond donors (Lipinski definition) is 1. The van der Waals surface area contributed by atoms with Crippen LogP contribution in [0.4, 0.5) is 11.5 Å². The molecule has 220 valence electrons. The van der Waals surface area contributed by atoms with Gasteiger partial charge in [0.1, 0.15) is 18.8 Å². The zero-order valence-corrected chi connectivity index (χ0v) is 24.8. The minimum absolute atomic E-state index is 0.145. The first-order chi connectivity index (χ1) is 21.2. The summed E-state index contributed by atoms with van der Waals surface area (Å²) in [6.07, 6.45) is 10.6. The lowest BCUT2D eigenvalue weighted by Crippen LogP contribution is -2.43. The van der Waals surface area contributed by atoms with Gasteiger partial charge in [-0.2, -0.15) is 9.97 Å². The topological polar surface area (TPSA) is 83.7 Å². The summed E-state index contributed by atoms with van der Waals surface area (Å²) in [6.45, 7) is 7.53. The zero-order chi connectivity index (χ0) is 28.8. The lowest BCUT2D eigenvalue weighted by molar-refractivity contribution is 0.107. The van der Waals surface area contributed by atoms with E-state index in [9.17, 15) is 0 Å². The molecule has 3 aliphatic rings. The van der Waals surface area contributed by atoms with Crippen LogP contribution < -0.4 is 15.0 Å². The molecule has 6 heterocycles. The first kappa shape index (κ1) is 26.4. The van der Waals surface area contributed by atoms with Gasteiger partial charge in [0.25, 0.3) is 0 Å². The molecule has 5 aromatic rings. The molecule has 0 radical (unpaired) electrons. The van der Waals surface area contributed by atoms with Crippen LogP contribution in [0.3, 0.4) is 0 Å². The molecule has 0 atom stereocenters. The van der Waals surface area contributed by atoms with Crippen molar-refractivity contribution in [3.05, 3.63) is 83.4 Å². The van der Waals surface area contributed by atoms with Crippen molar-refractivity contribution in [1.82, 2.24) is 29.5 Å². The summed E-state index contributed by atoms with van der Waals surface area (Å²) < 4.78 is 8.45. The highest BCUT2D eigenvalue weighted by Gasteiger charge is 2.45. The smallest absolute Gasteiger partial charge is 0.318 e. The summed E-state index contributed by atoms with van der Waals surface area (Å²) in [7, 11) is 0. The summed E-state index contributed by atoms with van der Waals surface area (Å²) >= 11 is 0. The average Bonchev–Trinajstić information content (AvgIpc) is 3.78. The number of benzene rings is 2. The number of pyridine rings is 1. The Balaban J connectivity index is 1.12. The van der Waals surface area contributed by atoms with E-state index in [1.807, 2.05) is 10.5 Å². The molecule has 9 heteroatoms. The van der Waals surface area contributed by atoms with E-state index >= 15 is 0 Å². The van der Waals surface area contributed by atoms with Crippen molar-refractivity contribution in [2.24, 2.45) is 0 Å². The Bertz CT molecular complexity index is 1780. The lowest BCUT2D eigenvalue weighted by atomic mass is 9.95. The Morgan fingerprint density at radius 1 is 0.977 bits per heavy atom. The molecule has 3 aromatic heterocycles. The molecule has 3 aliphatic heterocycles. The van der Waals surface area contributed by atoms with E-state index in [4.69, 9.17) is 14.7 Å². The van der Waals surface area contributed by atoms with Gasteiger partial charge in [0.05, 0.1) is 17.8 Å². The second kappa shape index (κ2) is 10.8. The Labute approximate surface area is 251 Å². The number of aryl methyl sites for hydroxylation is 1. The van der Waals surface area contributed by atoms with Gasteiger partial charge >= 0.3 is 6.01 Å². The maximum Gasteiger partial charge on any atom is 0.318 e. The highest BCUT2D eigenvalue weighted by molar-refractivity contribution is 5.97. The number of fused-ring (bicyclic) bond motifs is 4. The standard InChI is InChI=1S/C34H38N8O/c1-2-25-7-3-8-26-9-4-10-29(31(25)26)40-18-13-27-28(21-40)37-33(43-22-34-14-5-16-42(34)17-6-15-34)38-32(27)35-19-24-11-12-30-39-36-23-41(30)20-24/h3-4,7-12,20,23H,2,5-6,13-19,21-22H2,1H3,(H,35,37,38). The predicted octanol–water partition coefficient (Wildman–Crippen LogP) is 5.42. The van der Waals surface area contributed by atoms with Crippen LogP contribution in [0, 0.1) is 0 Å². The van der Waals surface area contributed by atoms with Gasteiger partial charge in [-0.05, 0) is 80.3 Å². The Morgan fingerprint density at radius 3 is 2.70 bits per heavy atom. The number of nitrogens with one attached hydrogen (secondary N) is 1. The number of ether oxygens (including phenoxy) is 1. The van der Waals surface area contributed by atoms with Gasteiger partial charge in [-0.25, -0.2) is 0 Å². The number of aromatic nitrogens is 5. The van der Waals surface area contributed by atoms with E-state index in [2.05, 4.69) is 80.9 Å². The summed E-state index contributed by atoms with van der Waals surface area (Å²) in [4.78, 5) is 15.2. The highest BCUT2D eigenvalue weighted by atomic mass is 16.5. The van der Waals surface area contributed by atoms with Gasteiger partial charge in [-0.1, -0.05) is 43.3 Å². The molecule has 2 fully saturated rings. The normalized spacial score (nSPS) is 17.8. The molecule has 9 nitrogen and oxygen atoms in total. The number of anilines is 2. The lowest BCUT2D eigenvalue weighted by Gasteiger charge is -2.33. The fraction of sp³-hybridized carbons (Fsp3) is 0.412. The SMILES string of the molecule is CCc1cccc2cccc(N3CCc4c(nc(OCC56CCCN5CCC6)nc4NCc4ccc5nncn5c4)C3)c12. The second-order valence-corrected chi connectivity index (χ2v) is 12.3. The fourth-order valence-corrected chi connectivity index (χ4v) is 7.60. The van der Waals surface area contributed by atoms with Gasteiger partial charge in [0.2, 0.25) is 0 Å². The van der Waals surface area contributed by atoms with Crippen LogP contribution in [0.25, 0.3) is 16.4 Å². The van der Waals surface area contributed by atoms with Crippen LogP contribution in [-0.2, 0) is 25.9 Å². The zero-order valence-electron chi connectivity index (χ0n) is 24.8. The van der Waals surface area contributed by atoms with Gasteiger partial charge < -0.3 is 15.0 Å². The molecule has 0 saturated carbocycles. The number of hydrogen-bond acceptors (Lipinski definition) is 8. The van der Waals surface area contributed by atoms with Crippen LogP contribution in [0.5, 0.6) is 6.01 Å². The molecule has 0 spiro atoms. The molecule has 2 aromatic carbocycles.